The molecule has 0 bridgehead atoms. The Labute approximate surface area is 263 Å². The molecule has 4 N–H and O–H groups in total. The maximum Gasteiger partial charge on any atom is 0.514 e. The van der Waals surface area contributed by atoms with E-state index in [1.54, 1.807) is 20.8 Å². The molecule has 0 aliphatic carbocycles. The highest BCUT2D eigenvalue weighted by atomic mass is 16.7. The van der Waals surface area contributed by atoms with Gasteiger partial charge >= 0.3 is 18.1 Å². The molecule has 14 heteroatoms. The molecule has 1 aromatic heterocycles. The number of amides is 1. The molecule has 0 aliphatic heterocycles. The van der Waals surface area contributed by atoms with Crippen molar-refractivity contribution in [3.63, 3.8) is 0 Å². The summed E-state index contributed by atoms with van der Waals surface area (Å²) in [6.07, 6.45) is -0.0249. The third-order valence-corrected chi connectivity index (χ3v) is 6.40. The predicted molar refractivity (Wildman–Crippen MR) is 163 cm³/mol. The number of carbonyl (C=O) groups is 5. The van der Waals surface area contributed by atoms with E-state index in [4.69, 9.17) is 29.1 Å². The molecule has 2 atom stereocenters. The number of nitrogens with two attached hydrogens (primary N) is 1. The van der Waals surface area contributed by atoms with Crippen molar-refractivity contribution in [2.45, 2.75) is 71.1 Å². The summed E-state index contributed by atoms with van der Waals surface area (Å²) in [4.78, 5) is 73.4. The largest absolute Gasteiger partial charge is 0.514 e. The average molecular weight is 641 g/mol. The first-order chi connectivity index (χ1) is 21.6. The van der Waals surface area contributed by atoms with Crippen LogP contribution in [0.25, 0.3) is 22.1 Å². The van der Waals surface area contributed by atoms with Crippen LogP contribution in [-0.2, 0) is 28.7 Å². The lowest BCUT2D eigenvalue weighted by Crippen LogP contribution is -2.49. The van der Waals surface area contributed by atoms with Crippen LogP contribution >= 0.6 is 0 Å². The minimum Gasteiger partial charge on any atom is -0.507 e. The standard InChI is InChI=1S/C32H36N2O12/c1-17(35)6-11-22(33)29(39)34-23(30(40)42-5)12-13-26(37)44-19-9-7-18(8-10-19)21-16-43-25-15-20(14-24(36)27(25)28(21)38)45-31(41)46-32(2,3)4/h7-10,14-16,22-23,36H,6,11-13,33H2,1-5H3,(H,34,39)/t22-,23-/m1/s1. The highest BCUT2D eigenvalue weighted by Crippen LogP contribution is 2.31. The van der Waals surface area contributed by atoms with Gasteiger partial charge in [0.1, 0.15) is 51.9 Å². The van der Waals surface area contributed by atoms with Crippen LogP contribution in [0.15, 0.2) is 51.9 Å². The van der Waals surface area contributed by atoms with E-state index in [0.29, 0.717) is 5.56 Å². The molecule has 46 heavy (non-hydrogen) atoms. The summed E-state index contributed by atoms with van der Waals surface area (Å²) < 4.78 is 25.8. The first-order valence-corrected chi connectivity index (χ1v) is 14.2. The predicted octanol–water partition coefficient (Wildman–Crippen LogP) is 3.52. The van der Waals surface area contributed by atoms with Crippen molar-refractivity contribution in [1.29, 1.82) is 0 Å². The monoisotopic (exact) mass is 640 g/mol. The number of phenolic OH excluding ortho intramolecular Hbond substituents is 1. The van der Waals surface area contributed by atoms with Crippen LogP contribution in [0.4, 0.5) is 4.79 Å². The van der Waals surface area contributed by atoms with Gasteiger partial charge in [0.15, 0.2) is 0 Å². The SMILES string of the molecule is COC(=O)[C@@H](CCC(=O)Oc1ccc(-c2coc3cc(OC(=O)OC(C)(C)C)cc(O)c3c2=O)cc1)NC(=O)[C@H](N)CCC(C)=O. The number of hydrogen-bond donors (Lipinski definition) is 3. The van der Waals surface area contributed by atoms with Gasteiger partial charge in [-0.05, 0) is 58.2 Å². The van der Waals surface area contributed by atoms with Crippen LogP contribution in [0, 0.1) is 0 Å². The molecule has 0 unspecified atom stereocenters. The summed E-state index contributed by atoms with van der Waals surface area (Å²) in [7, 11) is 1.13. The molecule has 0 spiro atoms. The molecule has 0 aliphatic rings. The van der Waals surface area contributed by atoms with E-state index >= 15 is 0 Å². The highest BCUT2D eigenvalue weighted by Gasteiger charge is 2.26. The first kappa shape index (κ1) is 35.2. The first-order valence-electron chi connectivity index (χ1n) is 14.2. The molecule has 3 rings (SSSR count). The van der Waals surface area contributed by atoms with Crippen molar-refractivity contribution < 1.29 is 52.4 Å². The number of Topliss-reactive ketones (excluding diaryl/α,β-unsaturated/α-hetero) is 1. The van der Waals surface area contributed by atoms with Gasteiger partial charge < -0.3 is 44.3 Å². The quantitative estimate of drug-likeness (QED) is 0.147. The van der Waals surface area contributed by atoms with Crippen LogP contribution in [-0.4, -0.2) is 59.7 Å². The molecule has 0 saturated heterocycles. The van der Waals surface area contributed by atoms with Crippen molar-refractivity contribution >= 4 is 40.8 Å². The van der Waals surface area contributed by atoms with Crippen molar-refractivity contribution in [1.82, 2.24) is 5.32 Å². The van der Waals surface area contributed by atoms with Gasteiger partial charge in [0.25, 0.3) is 0 Å². The Morgan fingerprint density at radius 2 is 1.65 bits per heavy atom. The van der Waals surface area contributed by atoms with E-state index in [9.17, 15) is 33.9 Å². The number of fused-ring (bicyclic) bond motifs is 1. The molecule has 1 amide bonds. The molecule has 14 nitrogen and oxygen atoms in total. The second-order valence-corrected chi connectivity index (χ2v) is 11.3. The van der Waals surface area contributed by atoms with Crippen LogP contribution in [0.3, 0.4) is 0 Å². The zero-order valence-corrected chi connectivity index (χ0v) is 26.0. The summed E-state index contributed by atoms with van der Waals surface area (Å²) >= 11 is 0. The Kier molecular flexibility index (Phi) is 11.6. The second kappa shape index (κ2) is 15.2. The number of ketones is 1. The van der Waals surface area contributed by atoms with Gasteiger partial charge in [-0.3, -0.25) is 14.4 Å². The number of aromatic hydroxyl groups is 1. The van der Waals surface area contributed by atoms with Gasteiger partial charge in [-0.25, -0.2) is 9.59 Å². The molecule has 2 aromatic carbocycles. The normalized spacial score (nSPS) is 12.5. The van der Waals surface area contributed by atoms with Crippen molar-refractivity contribution in [3.8, 4) is 28.4 Å². The van der Waals surface area contributed by atoms with Crippen molar-refractivity contribution in [2.75, 3.05) is 7.11 Å². The van der Waals surface area contributed by atoms with Gasteiger partial charge in [-0.1, -0.05) is 12.1 Å². The number of carbonyl (C=O) groups excluding carboxylic acids is 5. The Morgan fingerprint density at radius 1 is 0.978 bits per heavy atom. The summed E-state index contributed by atoms with van der Waals surface area (Å²) in [5, 5.41) is 12.8. The smallest absolute Gasteiger partial charge is 0.507 e. The number of hydrogen-bond acceptors (Lipinski definition) is 13. The third-order valence-electron chi connectivity index (χ3n) is 6.40. The average Bonchev–Trinajstić information content (AvgIpc) is 2.96. The van der Waals surface area contributed by atoms with E-state index in [0.717, 1.165) is 13.2 Å². The maximum absolute atomic E-state index is 13.2. The van der Waals surface area contributed by atoms with Gasteiger partial charge in [0, 0.05) is 25.0 Å². The number of rotatable bonds is 12. The fourth-order valence-electron chi connectivity index (χ4n) is 4.14. The molecule has 0 saturated carbocycles. The van der Waals surface area contributed by atoms with E-state index in [1.165, 1.54) is 43.5 Å². The lowest BCUT2D eigenvalue weighted by molar-refractivity contribution is -0.146. The summed E-state index contributed by atoms with van der Waals surface area (Å²) in [6.45, 7) is 6.35. The summed E-state index contributed by atoms with van der Waals surface area (Å²) in [5.74, 6) is -2.72. The maximum atomic E-state index is 13.2. The van der Waals surface area contributed by atoms with Crippen molar-refractivity contribution in [3.05, 3.63) is 52.9 Å². The van der Waals surface area contributed by atoms with E-state index < -0.39 is 52.9 Å². The number of nitrogens with one attached hydrogen (secondary N) is 1. The van der Waals surface area contributed by atoms with Gasteiger partial charge in [-0.2, -0.15) is 0 Å². The van der Waals surface area contributed by atoms with Gasteiger partial charge in [-0.15, -0.1) is 0 Å². The molecule has 246 valence electrons. The number of benzene rings is 2. The van der Waals surface area contributed by atoms with E-state index in [-0.39, 0.29) is 59.5 Å². The Balaban J connectivity index is 1.66. The van der Waals surface area contributed by atoms with Gasteiger partial charge in [0.05, 0.1) is 18.7 Å². The fraction of sp³-hybridized carbons (Fsp3) is 0.375. The molecular formula is C32H36N2O12. The summed E-state index contributed by atoms with van der Waals surface area (Å²) in [5.41, 5.74) is 4.87. The molecule has 3 aromatic rings. The number of esters is 2. The molecular weight excluding hydrogens is 604 g/mol. The second-order valence-electron chi connectivity index (χ2n) is 11.3. The number of phenols is 1. The zero-order chi connectivity index (χ0) is 34.2. The van der Waals surface area contributed by atoms with Crippen LogP contribution in [0.5, 0.6) is 17.2 Å². The molecule has 0 radical (unpaired) electrons. The third kappa shape index (κ3) is 9.89. The highest BCUT2D eigenvalue weighted by molar-refractivity contribution is 5.89. The minimum absolute atomic E-state index is 0.0302. The fourth-order valence-corrected chi connectivity index (χ4v) is 4.14. The lowest BCUT2D eigenvalue weighted by Gasteiger charge is -2.18. The minimum atomic E-state index is -1.17. The molecule has 0 fully saturated rings. The Hall–Kier alpha value is -5.24. The molecule has 1 heterocycles. The van der Waals surface area contributed by atoms with Crippen molar-refractivity contribution in [2.24, 2.45) is 5.73 Å². The Bertz CT molecular complexity index is 1670. The lowest BCUT2D eigenvalue weighted by atomic mass is 10.0. The summed E-state index contributed by atoms with van der Waals surface area (Å²) in [6, 6.07) is 6.03. The van der Waals surface area contributed by atoms with E-state index in [1.807, 2.05) is 0 Å². The Morgan fingerprint density at radius 3 is 2.26 bits per heavy atom. The van der Waals surface area contributed by atoms with E-state index in [2.05, 4.69) is 5.32 Å². The number of methoxy groups -OCH3 is 1. The van der Waals surface area contributed by atoms with Crippen LogP contribution in [0.1, 0.15) is 53.4 Å². The number of ether oxygens (including phenoxy) is 4. The van der Waals surface area contributed by atoms with Crippen LogP contribution < -0.4 is 26.0 Å². The topological polar surface area (TPSA) is 211 Å². The van der Waals surface area contributed by atoms with Crippen LogP contribution in [0.2, 0.25) is 0 Å². The van der Waals surface area contributed by atoms with Gasteiger partial charge in [0.2, 0.25) is 11.3 Å². The zero-order valence-electron chi connectivity index (χ0n) is 26.0.